The van der Waals surface area contributed by atoms with Crippen LogP contribution in [0.15, 0.2) is 24.3 Å². The third-order valence-electron chi connectivity index (χ3n) is 3.40. The molecular formula is C16H22N2O2. The first-order chi connectivity index (χ1) is 9.36. The fourth-order valence-electron chi connectivity index (χ4n) is 2.33. The summed E-state index contributed by atoms with van der Waals surface area (Å²) in [6, 6.07) is 8.05. The van der Waals surface area contributed by atoms with Crippen molar-refractivity contribution in [3.8, 4) is 17.0 Å². The Morgan fingerprint density at radius 2 is 1.95 bits per heavy atom. The van der Waals surface area contributed by atoms with Crippen LogP contribution in [-0.2, 0) is 19.1 Å². The van der Waals surface area contributed by atoms with Gasteiger partial charge in [-0.25, -0.2) is 0 Å². The summed E-state index contributed by atoms with van der Waals surface area (Å²) in [7, 11) is 3.58. The lowest BCUT2D eigenvalue weighted by molar-refractivity contribution is 0.275. The van der Waals surface area contributed by atoms with E-state index in [0.717, 1.165) is 22.6 Å². The lowest BCUT2D eigenvalue weighted by Crippen LogP contribution is -2.13. The van der Waals surface area contributed by atoms with Crippen LogP contribution in [0.4, 0.5) is 0 Å². The Morgan fingerprint density at radius 1 is 1.25 bits per heavy atom. The molecule has 0 fully saturated rings. The molecule has 2 aromatic rings. The van der Waals surface area contributed by atoms with Gasteiger partial charge in [0.2, 0.25) is 0 Å². The Hall–Kier alpha value is -1.81. The largest absolute Gasteiger partial charge is 0.496 e. The first-order valence-corrected chi connectivity index (χ1v) is 6.69. The highest BCUT2D eigenvalue weighted by atomic mass is 16.5. The number of aromatic nitrogens is 2. The van der Waals surface area contributed by atoms with Crippen molar-refractivity contribution in [2.75, 3.05) is 7.11 Å². The molecule has 1 aromatic heterocycles. The van der Waals surface area contributed by atoms with Crippen LogP contribution in [0, 0.1) is 0 Å². The standard InChI is InChI=1S/C16H22N2O2/c1-16(2,3)13-8-11(6-7-15(13)20-5)14-9-12(10-19)17-18(14)4/h6-9,19H,10H2,1-5H3. The third kappa shape index (κ3) is 2.70. The monoisotopic (exact) mass is 274 g/mol. The van der Waals surface area contributed by atoms with Crippen molar-refractivity contribution in [2.24, 2.45) is 7.05 Å². The summed E-state index contributed by atoms with van der Waals surface area (Å²) in [5.41, 5.74) is 3.90. The summed E-state index contributed by atoms with van der Waals surface area (Å²) in [5, 5.41) is 13.5. The number of aliphatic hydroxyl groups is 1. The summed E-state index contributed by atoms with van der Waals surface area (Å²) in [5.74, 6) is 0.894. The van der Waals surface area contributed by atoms with Gasteiger partial charge in [-0.05, 0) is 29.7 Å². The minimum absolute atomic E-state index is 0.000243. The maximum absolute atomic E-state index is 9.19. The minimum atomic E-state index is -0.0455. The summed E-state index contributed by atoms with van der Waals surface area (Å²) < 4.78 is 7.25. The van der Waals surface area contributed by atoms with E-state index in [2.05, 4.69) is 31.9 Å². The number of hydrogen-bond donors (Lipinski definition) is 1. The van der Waals surface area contributed by atoms with Crippen molar-refractivity contribution in [2.45, 2.75) is 32.8 Å². The van der Waals surface area contributed by atoms with Crippen LogP contribution < -0.4 is 4.74 Å². The highest BCUT2D eigenvalue weighted by Gasteiger charge is 2.20. The van der Waals surface area contributed by atoms with Crippen molar-refractivity contribution < 1.29 is 9.84 Å². The van der Waals surface area contributed by atoms with Gasteiger partial charge in [0, 0.05) is 18.2 Å². The molecule has 108 valence electrons. The molecule has 0 aliphatic heterocycles. The van der Waals surface area contributed by atoms with E-state index in [0.29, 0.717) is 5.69 Å². The number of ether oxygens (including phenoxy) is 1. The van der Waals surface area contributed by atoms with E-state index in [-0.39, 0.29) is 12.0 Å². The van der Waals surface area contributed by atoms with E-state index in [1.807, 2.05) is 25.2 Å². The fraction of sp³-hybridized carbons (Fsp3) is 0.438. The van der Waals surface area contributed by atoms with Crippen molar-refractivity contribution in [3.05, 3.63) is 35.5 Å². The molecule has 0 spiro atoms. The van der Waals surface area contributed by atoms with Gasteiger partial charge in [0.15, 0.2) is 0 Å². The maximum atomic E-state index is 9.19. The second kappa shape index (κ2) is 5.29. The molecule has 2 rings (SSSR count). The molecule has 20 heavy (non-hydrogen) atoms. The first-order valence-electron chi connectivity index (χ1n) is 6.69. The number of methoxy groups -OCH3 is 1. The summed E-state index contributed by atoms with van der Waals surface area (Å²) >= 11 is 0. The smallest absolute Gasteiger partial charge is 0.122 e. The molecule has 0 bridgehead atoms. The van der Waals surface area contributed by atoms with E-state index >= 15 is 0 Å². The van der Waals surface area contributed by atoms with Crippen LogP contribution in [0.1, 0.15) is 32.0 Å². The van der Waals surface area contributed by atoms with E-state index in [1.165, 1.54) is 0 Å². The average molecular weight is 274 g/mol. The molecule has 0 atom stereocenters. The van der Waals surface area contributed by atoms with E-state index in [9.17, 15) is 5.11 Å². The Kier molecular flexibility index (Phi) is 3.86. The second-order valence-corrected chi connectivity index (χ2v) is 5.97. The quantitative estimate of drug-likeness (QED) is 0.936. The van der Waals surface area contributed by atoms with Crippen molar-refractivity contribution in [1.82, 2.24) is 9.78 Å². The Bertz CT molecular complexity index is 609. The van der Waals surface area contributed by atoms with Gasteiger partial charge in [0.25, 0.3) is 0 Å². The van der Waals surface area contributed by atoms with Gasteiger partial charge < -0.3 is 9.84 Å². The van der Waals surface area contributed by atoms with Crippen molar-refractivity contribution >= 4 is 0 Å². The molecule has 0 saturated heterocycles. The minimum Gasteiger partial charge on any atom is -0.496 e. The predicted molar refractivity (Wildman–Crippen MR) is 79.8 cm³/mol. The molecular weight excluding hydrogens is 252 g/mol. The topological polar surface area (TPSA) is 47.3 Å². The van der Waals surface area contributed by atoms with Gasteiger partial charge in [0.05, 0.1) is 25.1 Å². The first kappa shape index (κ1) is 14.6. The van der Waals surface area contributed by atoms with E-state index in [1.54, 1.807) is 11.8 Å². The molecule has 4 heteroatoms. The number of rotatable bonds is 3. The van der Waals surface area contributed by atoms with Crippen LogP contribution >= 0.6 is 0 Å². The molecule has 1 N–H and O–H groups in total. The van der Waals surface area contributed by atoms with Crippen molar-refractivity contribution in [1.29, 1.82) is 0 Å². The zero-order valence-corrected chi connectivity index (χ0v) is 12.8. The van der Waals surface area contributed by atoms with E-state index in [4.69, 9.17) is 4.74 Å². The lowest BCUT2D eigenvalue weighted by atomic mass is 9.85. The second-order valence-electron chi connectivity index (χ2n) is 5.97. The molecule has 0 unspecified atom stereocenters. The molecule has 0 aliphatic rings. The molecule has 4 nitrogen and oxygen atoms in total. The average Bonchev–Trinajstić information content (AvgIpc) is 2.78. The molecule has 1 heterocycles. The van der Waals surface area contributed by atoms with Gasteiger partial charge in [-0.3, -0.25) is 4.68 Å². The van der Waals surface area contributed by atoms with Crippen molar-refractivity contribution in [3.63, 3.8) is 0 Å². The molecule has 0 radical (unpaired) electrons. The van der Waals surface area contributed by atoms with Gasteiger partial charge >= 0.3 is 0 Å². The molecule has 0 aliphatic carbocycles. The number of benzene rings is 1. The maximum Gasteiger partial charge on any atom is 0.122 e. The molecule has 1 aromatic carbocycles. The Balaban J connectivity index is 2.55. The third-order valence-corrected chi connectivity index (χ3v) is 3.40. The van der Waals surface area contributed by atoms with Crippen LogP contribution in [-0.4, -0.2) is 22.0 Å². The molecule has 0 saturated carbocycles. The van der Waals surface area contributed by atoms with Gasteiger partial charge in [0.1, 0.15) is 5.75 Å². The highest BCUT2D eigenvalue weighted by Crippen LogP contribution is 2.34. The van der Waals surface area contributed by atoms with Crippen LogP contribution in [0.5, 0.6) is 5.75 Å². The van der Waals surface area contributed by atoms with Gasteiger partial charge in [-0.1, -0.05) is 20.8 Å². The zero-order valence-electron chi connectivity index (χ0n) is 12.8. The Morgan fingerprint density at radius 3 is 2.45 bits per heavy atom. The van der Waals surface area contributed by atoms with Gasteiger partial charge in [-0.15, -0.1) is 0 Å². The summed E-state index contributed by atoms with van der Waals surface area (Å²) in [6.07, 6.45) is 0. The number of aliphatic hydroxyl groups excluding tert-OH is 1. The summed E-state index contributed by atoms with van der Waals surface area (Å²) in [6.45, 7) is 6.45. The normalized spacial score (nSPS) is 11.7. The zero-order chi connectivity index (χ0) is 14.9. The van der Waals surface area contributed by atoms with Gasteiger partial charge in [-0.2, -0.15) is 5.10 Å². The van der Waals surface area contributed by atoms with E-state index < -0.39 is 0 Å². The number of nitrogens with zero attached hydrogens (tertiary/aromatic N) is 2. The SMILES string of the molecule is COc1ccc(-c2cc(CO)nn2C)cc1C(C)(C)C. The number of hydrogen-bond acceptors (Lipinski definition) is 3. The summed E-state index contributed by atoms with van der Waals surface area (Å²) in [4.78, 5) is 0. The fourth-order valence-corrected chi connectivity index (χ4v) is 2.33. The Labute approximate surface area is 120 Å². The van der Waals surface area contributed by atoms with Crippen LogP contribution in [0.2, 0.25) is 0 Å². The predicted octanol–water partition coefficient (Wildman–Crippen LogP) is 2.89. The highest BCUT2D eigenvalue weighted by molar-refractivity contribution is 5.63. The molecule has 0 amide bonds. The lowest BCUT2D eigenvalue weighted by Gasteiger charge is -2.23. The van der Waals surface area contributed by atoms with Crippen LogP contribution in [0.3, 0.4) is 0 Å². The number of aryl methyl sites for hydroxylation is 1. The van der Waals surface area contributed by atoms with Crippen LogP contribution in [0.25, 0.3) is 11.3 Å².